The SMILES string of the molecule is CCCCOCCCNC(=O)/C(C#N)=C\NCCc1cccc(C)c1. The molecule has 2 N–H and O–H groups in total. The van der Waals surface area contributed by atoms with E-state index in [0.717, 1.165) is 32.3 Å². The van der Waals surface area contributed by atoms with Crippen LogP contribution in [-0.4, -0.2) is 32.2 Å². The van der Waals surface area contributed by atoms with Gasteiger partial charge in [0.05, 0.1) is 0 Å². The molecule has 0 spiro atoms. The van der Waals surface area contributed by atoms with Crippen molar-refractivity contribution in [1.82, 2.24) is 10.6 Å². The van der Waals surface area contributed by atoms with Crippen LogP contribution in [0.25, 0.3) is 0 Å². The van der Waals surface area contributed by atoms with Crippen LogP contribution in [0.1, 0.15) is 37.3 Å². The third kappa shape index (κ3) is 9.53. The Morgan fingerprint density at radius 1 is 1.28 bits per heavy atom. The van der Waals surface area contributed by atoms with E-state index >= 15 is 0 Å². The molecule has 136 valence electrons. The van der Waals surface area contributed by atoms with Crippen molar-refractivity contribution in [2.24, 2.45) is 0 Å². The number of aryl methyl sites for hydroxylation is 1. The summed E-state index contributed by atoms with van der Waals surface area (Å²) in [5, 5.41) is 14.9. The highest BCUT2D eigenvalue weighted by Crippen LogP contribution is 2.04. The predicted molar refractivity (Wildman–Crippen MR) is 99.9 cm³/mol. The number of ether oxygens (including phenoxy) is 1. The van der Waals surface area contributed by atoms with Crippen LogP contribution in [0.4, 0.5) is 0 Å². The van der Waals surface area contributed by atoms with E-state index in [1.54, 1.807) is 0 Å². The maximum Gasteiger partial charge on any atom is 0.263 e. The summed E-state index contributed by atoms with van der Waals surface area (Å²) in [7, 11) is 0. The van der Waals surface area contributed by atoms with E-state index in [9.17, 15) is 4.79 Å². The van der Waals surface area contributed by atoms with Gasteiger partial charge in [-0.3, -0.25) is 4.79 Å². The van der Waals surface area contributed by atoms with Gasteiger partial charge >= 0.3 is 0 Å². The van der Waals surface area contributed by atoms with E-state index < -0.39 is 0 Å². The summed E-state index contributed by atoms with van der Waals surface area (Å²) in [5.41, 5.74) is 2.55. The van der Waals surface area contributed by atoms with Gasteiger partial charge in [0.1, 0.15) is 11.6 Å². The van der Waals surface area contributed by atoms with E-state index in [-0.39, 0.29) is 11.5 Å². The average Bonchev–Trinajstić information content (AvgIpc) is 2.61. The highest BCUT2D eigenvalue weighted by Gasteiger charge is 2.07. The molecule has 0 aliphatic heterocycles. The quantitative estimate of drug-likeness (QED) is 0.348. The summed E-state index contributed by atoms with van der Waals surface area (Å²) in [5.74, 6) is -0.348. The third-order valence-electron chi connectivity index (χ3n) is 3.65. The Labute approximate surface area is 151 Å². The first kappa shape index (κ1) is 20.7. The van der Waals surface area contributed by atoms with Crippen LogP contribution in [0.2, 0.25) is 0 Å². The lowest BCUT2D eigenvalue weighted by Gasteiger charge is -2.06. The minimum absolute atomic E-state index is 0.0937. The van der Waals surface area contributed by atoms with Gasteiger partial charge in [0.25, 0.3) is 5.91 Å². The Balaban J connectivity index is 2.23. The molecule has 0 radical (unpaired) electrons. The molecule has 5 heteroatoms. The second-order valence-electron chi connectivity index (χ2n) is 5.94. The second-order valence-corrected chi connectivity index (χ2v) is 5.94. The Morgan fingerprint density at radius 3 is 2.80 bits per heavy atom. The molecule has 5 nitrogen and oxygen atoms in total. The lowest BCUT2D eigenvalue weighted by atomic mass is 10.1. The van der Waals surface area contributed by atoms with Crippen molar-refractivity contribution in [3.05, 3.63) is 47.2 Å². The van der Waals surface area contributed by atoms with Gasteiger partial charge < -0.3 is 15.4 Å². The van der Waals surface area contributed by atoms with Crippen LogP contribution in [0.15, 0.2) is 36.0 Å². The van der Waals surface area contributed by atoms with Crippen LogP contribution in [0.3, 0.4) is 0 Å². The summed E-state index contributed by atoms with van der Waals surface area (Å²) in [6.45, 7) is 6.75. The van der Waals surface area contributed by atoms with Crippen molar-refractivity contribution in [1.29, 1.82) is 5.26 Å². The molecular formula is C20H29N3O2. The molecule has 0 atom stereocenters. The molecule has 0 heterocycles. The largest absolute Gasteiger partial charge is 0.389 e. The van der Waals surface area contributed by atoms with Crippen molar-refractivity contribution in [3.8, 4) is 6.07 Å². The van der Waals surface area contributed by atoms with E-state index in [1.807, 2.05) is 12.1 Å². The summed E-state index contributed by atoms with van der Waals surface area (Å²) < 4.78 is 5.43. The van der Waals surface area contributed by atoms with Crippen molar-refractivity contribution >= 4 is 5.91 Å². The molecule has 1 aromatic carbocycles. The van der Waals surface area contributed by atoms with Crippen LogP contribution < -0.4 is 10.6 Å². The Kier molecular flexibility index (Phi) is 10.8. The fourth-order valence-corrected chi connectivity index (χ4v) is 2.23. The highest BCUT2D eigenvalue weighted by molar-refractivity contribution is 5.97. The Hall–Kier alpha value is -2.32. The number of nitrogens with one attached hydrogen (secondary N) is 2. The molecule has 0 saturated heterocycles. The molecule has 1 aromatic rings. The van der Waals surface area contributed by atoms with Gasteiger partial charge in [-0.25, -0.2) is 0 Å². The van der Waals surface area contributed by atoms with E-state index in [4.69, 9.17) is 10.00 Å². The minimum atomic E-state index is -0.348. The zero-order valence-corrected chi connectivity index (χ0v) is 15.3. The van der Waals surface area contributed by atoms with Gasteiger partial charge in [-0.05, 0) is 31.7 Å². The molecule has 1 amide bonds. The molecule has 0 saturated carbocycles. The fourth-order valence-electron chi connectivity index (χ4n) is 2.23. The number of nitriles is 1. The topological polar surface area (TPSA) is 74.1 Å². The van der Waals surface area contributed by atoms with Crippen molar-refractivity contribution < 1.29 is 9.53 Å². The number of hydrogen-bond acceptors (Lipinski definition) is 4. The number of amides is 1. The summed E-state index contributed by atoms with van der Waals surface area (Å²) in [6.07, 6.45) is 5.25. The fraction of sp³-hybridized carbons (Fsp3) is 0.500. The first-order valence-electron chi connectivity index (χ1n) is 8.92. The van der Waals surface area contributed by atoms with Crippen molar-refractivity contribution in [2.45, 2.75) is 39.5 Å². The van der Waals surface area contributed by atoms with Gasteiger partial charge in [-0.15, -0.1) is 0 Å². The number of unbranched alkanes of at least 4 members (excludes halogenated alkanes) is 1. The number of rotatable bonds is 12. The first-order chi connectivity index (χ1) is 12.2. The summed E-state index contributed by atoms with van der Waals surface area (Å²) in [6, 6.07) is 10.2. The molecule has 0 bridgehead atoms. The number of nitrogens with zero attached hydrogens (tertiary/aromatic N) is 1. The van der Waals surface area contributed by atoms with Gasteiger partial charge in [0.15, 0.2) is 0 Å². The molecule has 0 fully saturated rings. The number of benzene rings is 1. The molecule has 0 unspecified atom stereocenters. The minimum Gasteiger partial charge on any atom is -0.389 e. The highest BCUT2D eigenvalue weighted by atomic mass is 16.5. The van der Waals surface area contributed by atoms with Gasteiger partial charge in [0.2, 0.25) is 0 Å². The first-order valence-corrected chi connectivity index (χ1v) is 8.92. The van der Waals surface area contributed by atoms with Crippen molar-refractivity contribution in [2.75, 3.05) is 26.3 Å². The van der Waals surface area contributed by atoms with Crippen LogP contribution >= 0.6 is 0 Å². The van der Waals surface area contributed by atoms with E-state index in [2.05, 4.69) is 42.7 Å². The zero-order chi connectivity index (χ0) is 18.3. The van der Waals surface area contributed by atoms with Crippen LogP contribution in [-0.2, 0) is 16.0 Å². The molecule has 0 aliphatic carbocycles. The number of hydrogen-bond donors (Lipinski definition) is 2. The lowest BCUT2D eigenvalue weighted by Crippen LogP contribution is -2.27. The maximum absolute atomic E-state index is 11.9. The second kappa shape index (κ2) is 13.0. The Bertz CT molecular complexity index is 591. The smallest absolute Gasteiger partial charge is 0.263 e. The van der Waals surface area contributed by atoms with E-state index in [0.29, 0.717) is 19.7 Å². The molecular weight excluding hydrogens is 314 g/mol. The van der Waals surface area contributed by atoms with Gasteiger partial charge in [-0.1, -0.05) is 43.2 Å². The van der Waals surface area contributed by atoms with Gasteiger partial charge in [0, 0.05) is 32.5 Å². The molecule has 25 heavy (non-hydrogen) atoms. The molecule has 1 rings (SSSR count). The maximum atomic E-state index is 11.9. The Morgan fingerprint density at radius 2 is 2.08 bits per heavy atom. The summed E-state index contributed by atoms with van der Waals surface area (Å²) >= 11 is 0. The summed E-state index contributed by atoms with van der Waals surface area (Å²) in [4.78, 5) is 11.9. The normalized spacial score (nSPS) is 11.0. The standard InChI is InChI=1S/C20H29N3O2/c1-3-4-12-25-13-6-10-23-20(24)19(15-21)16-22-11-9-18-8-5-7-17(2)14-18/h5,7-8,14,16,22H,3-4,6,9-13H2,1-2H3,(H,23,24)/b19-16-. The van der Waals surface area contributed by atoms with Crippen LogP contribution in [0, 0.1) is 18.3 Å². The third-order valence-corrected chi connectivity index (χ3v) is 3.65. The zero-order valence-electron chi connectivity index (χ0n) is 15.3. The number of carbonyl (C=O) groups is 1. The lowest BCUT2D eigenvalue weighted by molar-refractivity contribution is -0.117. The van der Waals surface area contributed by atoms with Crippen molar-refractivity contribution in [3.63, 3.8) is 0 Å². The van der Waals surface area contributed by atoms with Gasteiger partial charge in [-0.2, -0.15) is 5.26 Å². The molecule has 0 aliphatic rings. The predicted octanol–water partition coefficient (Wildman–Crippen LogP) is 2.86. The van der Waals surface area contributed by atoms with Crippen LogP contribution in [0.5, 0.6) is 0 Å². The molecule has 0 aromatic heterocycles. The van der Waals surface area contributed by atoms with E-state index in [1.165, 1.54) is 17.3 Å². The monoisotopic (exact) mass is 343 g/mol. The average molecular weight is 343 g/mol. The number of carbonyl (C=O) groups excluding carboxylic acids is 1.